The van der Waals surface area contributed by atoms with Crippen molar-refractivity contribution >= 4 is 39.2 Å². The van der Waals surface area contributed by atoms with E-state index in [0.717, 1.165) is 37.6 Å². The monoisotopic (exact) mass is 459 g/mol. The van der Waals surface area contributed by atoms with Gasteiger partial charge in [-0.2, -0.15) is 13.2 Å². The number of hydrogen-bond donors (Lipinski definition) is 0. The van der Waals surface area contributed by atoms with Gasteiger partial charge in [-0.3, -0.25) is 4.98 Å². The molecule has 1 aromatic carbocycles. The molecular formula is C23H21ClF3N5. The Labute approximate surface area is 188 Å². The summed E-state index contributed by atoms with van der Waals surface area (Å²) in [5, 5.41) is 1.81. The third kappa shape index (κ3) is 3.89. The fourth-order valence-electron chi connectivity index (χ4n) is 4.38. The van der Waals surface area contributed by atoms with Crippen LogP contribution >= 0.6 is 11.6 Å². The van der Waals surface area contributed by atoms with Crippen LogP contribution in [0.1, 0.15) is 0 Å². The molecule has 0 spiro atoms. The normalized spacial score (nSPS) is 15.7. The number of aromatic nitrogens is 3. The minimum atomic E-state index is -4.38. The maximum atomic E-state index is 13.5. The lowest BCUT2D eigenvalue weighted by Gasteiger charge is -2.33. The molecule has 1 fully saturated rings. The van der Waals surface area contributed by atoms with Crippen LogP contribution in [-0.4, -0.2) is 58.8 Å². The summed E-state index contributed by atoms with van der Waals surface area (Å²) in [5.74, 6) is 0.861. The number of anilines is 1. The van der Waals surface area contributed by atoms with E-state index in [1.807, 2.05) is 12.1 Å². The average molecular weight is 460 g/mol. The number of likely N-dealkylation sites (N-methyl/N-ethyl adjacent to an activating group) is 1. The van der Waals surface area contributed by atoms with Crippen LogP contribution in [0.2, 0.25) is 5.02 Å². The van der Waals surface area contributed by atoms with Gasteiger partial charge in [0.25, 0.3) is 0 Å². The van der Waals surface area contributed by atoms with Gasteiger partial charge in [-0.05, 0) is 37.4 Å². The molecule has 1 saturated heterocycles. The second-order valence-electron chi connectivity index (χ2n) is 8.14. The van der Waals surface area contributed by atoms with Crippen LogP contribution in [0, 0.1) is 0 Å². The number of benzene rings is 1. The summed E-state index contributed by atoms with van der Waals surface area (Å²) >= 11 is 6.40. The Balaban J connectivity index is 1.65. The molecule has 4 aromatic rings. The van der Waals surface area contributed by atoms with Gasteiger partial charge in [-0.15, -0.1) is 0 Å². The number of alkyl halides is 3. The molecule has 0 radical (unpaired) electrons. The van der Waals surface area contributed by atoms with Gasteiger partial charge in [0.2, 0.25) is 0 Å². The molecule has 0 N–H and O–H groups in total. The Morgan fingerprint density at radius 1 is 1.00 bits per heavy atom. The van der Waals surface area contributed by atoms with Crippen molar-refractivity contribution in [2.75, 3.05) is 38.1 Å². The maximum Gasteiger partial charge on any atom is 0.406 e. The molecule has 32 heavy (non-hydrogen) atoms. The molecule has 0 amide bonds. The lowest BCUT2D eigenvalue weighted by Crippen LogP contribution is -2.44. The number of halogens is 4. The molecule has 0 atom stereocenters. The molecule has 1 aliphatic heterocycles. The van der Waals surface area contributed by atoms with Crippen LogP contribution < -0.4 is 4.90 Å². The van der Waals surface area contributed by atoms with Gasteiger partial charge in [-0.25, -0.2) is 4.98 Å². The van der Waals surface area contributed by atoms with Crippen LogP contribution in [0.25, 0.3) is 32.9 Å². The molecule has 5 rings (SSSR count). The molecule has 166 valence electrons. The second-order valence-corrected chi connectivity index (χ2v) is 8.58. The van der Waals surface area contributed by atoms with Crippen molar-refractivity contribution in [1.82, 2.24) is 19.4 Å². The van der Waals surface area contributed by atoms with Crippen LogP contribution in [0.15, 0.2) is 48.9 Å². The zero-order valence-corrected chi connectivity index (χ0v) is 18.2. The fourth-order valence-corrected chi connectivity index (χ4v) is 4.59. The minimum Gasteiger partial charge on any atom is -0.354 e. The highest BCUT2D eigenvalue weighted by Crippen LogP contribution is 2.39. The number of rotatable bonds is 3. The smallest absolute Gasteiger partial charge is 0.354 e. The van der Waals surface area contributed by atoms with Crippen LogP contribution in [0.5, 0.6) is 0 Å². The lowest BCUT2D eigenvalue weighted by molar-refractivity contribution is -0.139. The highest BCUT2D eigenvalue weighted by molar-refractivity contribution is 6.32. The molecule has 5 nitrogen and oxygen atoms in total. The van der Waals surface area contributed by atoms with Gasteiger partial charge in [0.15, 0.2) is 0 Å². The highest BCUT2D eigenvalue weighted by Gasteiger charge is 2.30. The molecule has 0 bridgehead atoms. The number of fused-ring (bicyclic) bond motifs is 3. The van der Waals surface area contributed by atoms with Gasteiger partial charge >= 0.3 is 6.18 Å². The van der Waals surface area contributed by atoms with Gasteiger partial charge in [0, 0.05) is 65.5 Å². The van der Waals surface area contributed by atoms with Crippen LogP contribution in [0.4, 0.5) is 19.0 Å². The predicted molar refractivity (Wildman–Crippen MR) is 121 cm³/mol. The van der Waals surface area contributed by atoms with Crippen LogP contribution in [0.3, 0.4) is 0 Å². The summed E-state index contributed by atoms with van der Waals surface area (Å²) in [6.45, 7) is 2.59. The SMILES string of the molecule is CN1CCN(c2ccc(-c3cc(Cl)cc4c5ccncc5n(CC(F)(F)F)c34)cn2)CC1. The van der Waals surface area contributed by atoms with E-state index in [-0.39, 0.29) is 0 Å². The Morgan fingerprint density at radius 3 is 2.47 bits per heavy atom. The first-order valence-corrected chi connectivity index (χ1v) is 10.7. The Hall–Kier alpha value is -2.84. The van der Waals surface area contributed by atoms with Crippen molar-refractivity contribution in [3.8, 4) is 11.1 Å². The number of pyridine rings is 2. The average Bonchev–Trinajstić information content (AvgIpc) is 3.06. The summed E-state index contributed by atoms with van der Waals surface area (Å²) in [4.78, 5) is 13.1. The van der Waals surface area contributed by atoms with E-state index in [2.05, 4.69) is 26.8 Å². The fraction of sp³-hybridized carbons (Fsp3) is 0.304. The summed E-state index contributed by atoms with van der Waals surface area (Å²) in [6, 6.07) is 8.96. The van der Waals surface area contributed by atoms with E-state index in [1.165, 1.54) is 10.8 Å². The van der Waals surface area contributed by atoms with E-state index >= 15 is 0 Å². The summed E-state index contributed by atoms with van der Waals surface area (Å²) < 4.78 is 41.7. The number of hydrogen-bond acceptors (Lipinski definition) is 4. The summed E-state index contributed by atoms with van der Waals surface area (Å²) in [6.07, 6.45) is 0.377. The number of piperazine rings is 1. The van der Waals surface area contributed by atoms with Crippen molar-refractivity contribution < 1.29 is 13.2 Å². The third-order valence-electron chi connectivity index (χ3n) is 5.95. The second kappa shape index (κ2) is 7.94. The van der Waals surface area contributed by atoms with Crippen molar-refractivity contribution in [2.24, 2.45) is 0 Å². The maximum absolute atomic E-state index is 13.5. The van der Waals surface area contributed by atoms with E-state index in [4.69, 9.17) is 11.6 Å². The minimum absolute atomic E-state index is 0.422. The molecule has 0 saturated carbocycles. The van der Waals surface area contributed by atoms with Crippen molar-refractivity contribution in [3.05, 3.63) is 53.9 Å². The first-order valence-electron chi connectivity index (χ1n) is 10.3. The van der Waals surface area contributed by atoms with E-state index < -0.39 is 12.7 Å². The van der Waals surface area contributed by atoms with E-state index in [1.54, 1.807) is 30.6 Å². The molecule has 0 unspecified atom stereocenters. The zero-order valence-electron chi connectivity index (χ0n) is 17.4. The molecule has 4 heterocycles. The number of nitrogens with zero attached hydrogens (tertiary/aromatic N) is 5. The quantitative estimate of drug-likeness (QED) is 0.421. The van der Waals surface area contributed by atoms with Crippen molar-refractivity contribution in [1.29, 1.82) is 0 Å². The van der Waals surface area contributed by atoms with Gasteiger partial charge < -0.3 is 14.4 Å². The first kappa shape index (κ1) is 21.0. The van der Waals surface area contributed by atoms with Gasteiger partial charge in [-0.1, -0.05) is 11.6 Å². The summed E-state index contributed by atoms with van der Waals surface area (Å²) in [7, 11) is 2.09. The topological polar surface area (TPSA) is 37.2 Å². The van der Waals surface area contributed by atoms with Gasteiger partial charge in [0.05, 0.1) is 17.2 Å². The zero-order chi connectivity index (χ0) is 22.5. The Morgan fingerprint density at radius 2 is 1.78 bits per heavy atom. The first-order chi connectivity index (χ1) is 15.3. The van der Waals surface area contributed by atoms with E-state index in [0.29, 0.717) is 32.4 Å². The standard InChI is InChI=1S/C23H21ClF3N5/c1-30-6-8-31(9-7-30)21-3-2-15(12-29-21)18-10-16(24)11-19-17-4-5-28-13-20(17)32(22(18)19)14-23(25,26)27/h2-5,10-13H,6-9,14H2,1H3. The van der Waals surface area contributed by atoms with Crippen molar-refractivity contribution in [3.63, 3.8) is 0 Å². The Kier molecular flexibility index (Phi) is 5.22. The Bertz CT molecular complexity index is 1280. The summed E-state index contributed by atoms with van der Waals surface area (Å²) in [5.41, 5.74) is 2.23. The largest absolute Gasteiger partial charge is 0.406 e. The molecule has 9 heteroatoms. The molecule has 3 aromatic heterocycles. The molecular weight excluding hydrogens is 439 g/mol. The lowest BCUT2D eigenvalue weighted by atomic mass is 10.0. The van der Waals surface area contributed by atoms with E-state index in [9.17, 15) is 13.2 Å². The van der Waals surface area contributed by atoms with Gasteiger partial charge in [0.1, 0.15) is 12.4 Å². The van der Waals surface area contributed by atoms with Crippen molar-refractivity contribution in [2.45, 2.75) is 12.7 Å². The predicted octanol–water partition coefficient (Wildman–Crippen LogP) is 5.22. The van der Waals surface area contributed by atoms with Crippen LogP contribution in [-0.2, 0) is 6.54 Å². The molecule has 0 aliphatic carbocycles. The third-order valence-corrected chi connectivity index (χ3v) is 6.17. The highest BCUT2D eigenvalue weighted by atomic mass is 35.5. The molecule has 1 aliphatic rings.